The first-order valence-corrected chi connectivity index (χ1v) is 21.0. The number of nitrogens with zero attached hydrogens (tertiary/aromatic N) is 2. The number of fused-ring (bicyclic) bond motifs is 7. The molecule has 2 nitrogen and oxygen atoms in total. The van der Waals surface area contributed by atoms with E-state index in [9.17, 15) is 0 Å². The van der Waals surface area contributed by atoms with E-state index in [-0.39, 0.29) is 0 Å². The van der Waals surface area contributed by atoms with Crippen LogP contribution >= 0.6 is 11.3 Å². The Balaban J connectivity index is 0.909. The summed E-state index contributed by atoms with van der Waals surface area (Å²) < 4.78 is 2.66. The number of para-hydroxylation sites is 1. The van der Waals surface area contributed by atoms with Crippen molar-refractivity contribution in [3.05, 3.63) is 218 Å². The van der Waals surface area contributed by atoms with E-state index in [1.807, 2.05) is 11.3 Å². The van der Waals surface area contributed by atoms with Crippen LogP contribution in [-0.4, -0.2) is 0 Å². The van der Waals surface area contributed by atoms with Crippen molar-refractivity contribution in [3.8, 4) is 33.4 Å². The molecule has 59 heavy (non-hydrogen) atoms. The highest BCUT2D eigenvalue weighted by Crippen LogP contribution is 2.53. The van der Waals surface area contributed by atoms with Gasteiger partial charge in [0, 0.05) is 53.9 Å². The number of rotatable bonds is 6. The third-order valence-electron chi connectivity index (χ3n) is 12.0. The van der Waals surface area contributed by atoms with Crippen LogP contribution in [0.4, 0.5) is 34.1 Å². The minimum Gasteiger partial charge on any atom is -0.310 e. The summed E-state index contributed by atoms with van der Waals surface area (Å²) in [4.78, 5) is 4.79. The number of hydrogen-bond donors (Lipinski definition) is 0. The van der Waals surface area contributed by atoms with E-state index in [2.05, 4.69) is 228 Å². The molecule has 276 valence electrons. The number of anilines is 6. The first-order valence-electron chi connectivity index (χ1n) is 20.2. The van der Waals surface area contributed by atoms with Gasteiger partial charge in [0.25, 0.3) is 0 Å². The van der Waals surface area contributed by atoms with E-state index in [0.717, 1.165) is 22.7 Å². The zero-order chi connectivity index (χ0) is 38.9. The molecule has 0 fully saturated rings. The van der Waals surface area contributed by atoms with E-state index in [1.54, 1.807) is 0 Å². The molecule has 2 heterocycles. The molecule has 3 heteroatoms. The van der Waals surface area contributed by atoms with Crippen LogP contribution in [0.2, 0.25) is 0 Å². The lowest BCUT2D eigenvalue weighted by atomic mass is 9.87. The molecule has 0 bridgehead atoms. The molecule has 0 atom stereocenters. The first kappa shape index (κ1) is 33.7. The molecule has 12 rings (SSSR count). The Bertz CT molecular complexity index is 3380. The van der Waals surface area contributed by atoms with Crippen LogP contribution in [0, 0.1) is 0 Å². The zero-order valence-electron chi connectivity index (χ0n) is 32.1. The second-order valence-corrected chi connectivity index (χ2v) is 16.4. The minimum atomic E-state index is 1.11. The van der Waals surface area contributed by atoms with Crippen molar-refractivity contribution >= 4 is 87.2 Å². The van der Waals surface area contributed by atoms with Crippen molar-refractivity contribution in [1.29, 1.82) is 0 Å². The van der Waals surface area contributed by atoms with Gasteiger partial charge in [-0.2, -0.15) is 0 Å². The summed E-state index contributed by atoms with van der Waals surface area (Å²) in [6.45, 7) is 0. The normalized spacial score (nSPS) is 12.0. The Hall–Kier alpha value is -7.46. The maximum Gasteiger partial charge on any atom is 0.0547 e. The van der Waals surface area contributed by atoms with Crippen LogP contribution in [0.3, 0.4) is 0 Å². The lowest BCUT2D eigenvalue weighted by molar-refractivity contribution is 1.28. The van der Waals surface area contributed by atoms with Gasteiger partial charge in [0.1, 0.15) is 0 Å². The quantitative estimate of drug-likeness (QED) is 0.166. The van der Waals surface area contributed by atoms with Crippen molar-refractivity contribution < 1.29 is 0 Å². The van der Waals surface area contributed by atoms with Gasteiger partial charge in [-0.05, 0) is 123 Å². The van der Waals surface area contributed by atoms with Gasteiger partial charge in [-0.1, -0.05) is 140 Å². The molecule has 1 aliphatic rings. The second-order valence-electron chi connectivity index (χ2n) is 15.3. The molecule has 1 aliphatic heterocycles. The molecule has 0 aliphatic carbocycles. The van der Waals surface area contributed by atoms with Gasteiger partial charge >= 0.3 is 0 Å². The molecule has 11 aromatic rings. The first-order chi connectivity index (χ1) is 29.2. The number of benzene rings is 10. The van der Waals surface area contributed by atoms with Crippen molar-refractivity contribution in [2.75, 3.05) is 9.80 Å². The molecule has 0 N–H and O–H groups in total. The van der Waals surface area contributed by atoms with Crippen molar-refractivity contribution in [2.45, 2.75) is 0 Å². The number of thiophene rings is 1. The summed E-state index contributed by atoms with van der Waals surface area (Å²) in [5.41, 5.74) is 14.2. The molecule has 0 amide bonds. The van der Waals surface area contributed by atoms with Crippen molar-refractivity contribution in [1.82, 2.24) is 0 Å². The van der Waals surface area contributed by atoms with Gasteiger partial charge < -0.3 is 9.80 Å². The predicted octanol–water partition coefficient (Wildman–Crippen LogP) is 16.6. The SMILES string of the molecule is c1ccc(N(c2ccc(-c3ccc4sc5ccccc5c4c3)cc2)c2cccc(-c3ccc(N4c5ccc6ccccc6c5-c5cccc6cccc4c56)cc3)c2)cc1. The standard InChI is InChI=1S/C56H36N2S/c1-2-15-43(16-3-1)57(44-29-23-38(24-30-44)42-28-34-54-50(36-42)48-19-6-7-22-53(48)59-54)46-17-8-14-41(35-46)37-25-31-45(32-26-37)58-51-21-10-13-40-12-9-20-49(55(40)51)56-47-18-5-4-11-39(47)27-33-52(56)58/h1-36H. The third kappa shape index (κ3) is 5.55. The lowest BCUT2D eigenvalue weighted by Crippen LogP contribution is -2.15. The summed E-state index contributed by atoms with van der Waals surface area (Å²) in [6, 6.07) is 79.9. The Morgan fingerprint density at radius 2 is 0.983 bits per heavy atom. The minimum absolute atomic E-state index is 1.11. The molecule has 0 saturated heterocycles. The van der Waals surface area contributed by atoms with Crippen molar-refractivity contribution in [2.24, 2.45) is 0 Å². The smallest absolute Gasteiger partial charge is 0.0547 e. The molecule has 0 unspecified atom stereocenters. The van der Waals surface area contributed by atoms with Gasteiger partial charge in [0.15, 0.2) is 0 Å². The fourth-order valence-corrected chi connectivity index (χ4v) is 10.3. The molecular weight excluding hydrogens is 733 g/mol. The predicted molar refractivity (Wildman–Crippen MR) is 254 cm³/mol. The molecular formula is C56H36N2S. The van der Waals surface area contributed by atoms with E-state index in [4.69, 9.17) is 0 Å². The summed E-state index contributed by atoms with van der Waals surface area (Å²) in [5.74, 6) is 0. The van der Waals surface area contributed by atoms with Crippen LogP contribution in [0.15, 0.2) is 218 Å². The van der Waals surface area contributed by atoms with Gasteiger partial charge in [0.05, 0.1) is 11.4 Å². The van der Waals surface area contributed by atoms with Crippen LogP contribution in [-0.2, 0) is 0 Å². The third-order valence-corrected chi connectivity index (χ3v) is 13.1. The lowest BCUT2D eigenvalue weighted by Gasteiger charge is -2.34. The monoisotopic (exact) mass is 768 g/mol. The van der Waals surface area contributed by atoms with Crippen LogP contribution < -0.4 is 9.80 Å². The largest absolute Gasteiger partial charge is 0.310 e. The Kier molecular flexibility index (Phi) is 7.75. The zero-order valence-corrected chi connectivity index (χ0v) is 32.9. The van der Waals surface area contributed by atoms with E-state index >= 15 is 0 Å². The van der Waals surface area contributed by atoms with E-state index in [0.29, 0.717) is 0 Å². The molecule has 10 aromatic carbocycles. The Morgan fingerprint density at radius 1 is 0.356 bits per heavy atom. The summed E-state index contributed by atoms with van der Waals surface area (Å²) in [7, 11) is 0. The molecule has 0 radical (unpaired) electrons. The highest BCUT2D eigenvalue weighted by molar-refractivity contribution is 7.25. The highest BCUT2D eigenvalue weighted by atomic mass is 32.1. The van der Waals surface area contributed by atoms with Crippen LogP contribution in [0.1, 0.15) is 0 Å². The Morgan fingerprint density at radius 3 is 1.83 bits per heavy atom. The van der Waals surface area contributed by atoms with Crippen molar-refractivity contribution in [3.63, 3.8) is 0 Å². The maximum atomic E-state index is 2.44. The average Bonchev–Trinajstić information content (AvgIpc) is 3.68. The van der Waals surface area contributed by atoms with E-state index < -0.39 is 0 Å². The van der Waals surface area contributed by atoms with Gasteiger partial charge in [-0.15, -0.1) is 11.3 Å². The highest BCUT2D eigenvalue weighted by Gasteiger charge is 2.27. The molecule has 0 saturated carbocycles. The molecule has 1 aromatic heterocycles. The van der Waals surface area contributed by atoms with Gasteiger partial charge in [-0.3, -0.25) is 0 Å². The summed E-state index contributed by atoms with van der Waals surface area (Å²) in [5, 5.41) is 7.72. The maximum absolute atomic E-state index is 2.44. The van der Waals surface area contributed by atoms with Gasteiger partial charge in [0.2, 0.25) is 0 Å². The Labute approximate surface area is 347 Å². The topological polar surface area (TPSA) is 6.48 Å². The fraction of sp³-hybridized carbons (Fsp3) is 0. The summed E-state index contributed by atoms with van der Waals surface area (Å²) >= 11 is 1.86. The molecule has 0 spiro atoms. The van der Waals surface area contributed by atoms with Gasteiger partial charge in [-0.25, -0.2) is 0 Å². The fourth-order valence-electron chi connectivity index (χ4n) is 9.21. The summed E-state index contributed by atoms with van der Waals surface area (Å²) in [6.07, 6.45) is 0. The van der Waals surface area contributed by atoms with Crippen LogP contribution in [0.25, 0.3) is 75.1 Å². The number of hydrogen-bond acceptors (Lipinski definition) is 3. The second kappa shape index (κ2) is 13.6. The van der Waals surface area contributed by atoms with Crippen LogP contribution in [0.5, 0.6) is 0 Å². The van der Waals surface area contributed by atoms with E-state index in [1.165, 1.54) is 86.5 Å². The average molecular weight is 769 g/mol.